The molecule has 5 heterocycles. The highest BCUT2D eigenvalue weighted by molar-refractivity contribution is 7.18. The van der Waals surface area contributed by atoms with Crippen LogP contribution in [0.4, 0.5) is 17.6 Å². The van der Waals surface area contributed by atoms with Gasteiger partial charge < -0.3 is 14.4 Å². The number of pyridine rings is 1. The van der Waals surface area contributed by atoms with Crippen LogP contribution in [0.1, 0.15) is 18.7 Å². The second-order valence-electron chi connectivity index (χ2n) is 11.2. The van der Waals surface area contributed by atoms with Gasteiger partial charge in [0.15, 0.2) is 0 Å². The lowest BCUT2D eigenvalue weighted by molar-refractivity contribution is -0.133. The molecular formula is C34H28F4N6O3S. The van der Waals surface area contributed by atoms with Gasteiger partial charge >= 0.3 is 6.61 Å². The SMILES string of the molecule is C=CC(=O)N1CCn2nc(-c3nc(-c4ccc5cnn(C)c5c4)c4ccsc4c3-c3c(F)cc(F)cc3OCCOC(F)F)cc2[C@H]1C. The van der Waals surface area contributed by atoms with Gasteiger partial charge in [-0.05, 0) is 36.6 Å². The standard InChI is InChI=1S/C34H28F4N6O3S/c1-4-28(45)43-8-9-44-25(18(43)2)16-24(41-44)32-30(29-23(36)14-21(35)15-27(29)46-10-11-47-34(37)38)33-22(7-12-48-33)31(40-32)19-5-6-20-17-39-42(3)26(20)13-19/h4-7,12-18,34H,1,8-11H2,2-3H3/t18-/m1/s1. The molecule has 9 nitrogen and oxygen atoms in total. The predicted octanol–water partition coefficient (Wildman–Crippen LogP) is 7.37. The maximum Gasteiger partial charge on any atom is 0.345 e. The fourth-order valence-electron chi connectivity index (χ4n) is 6.19. The molecule has 0 N–H and O–H groups in total. The second kappa shape index (κ2) is 12.5. The second-order valence-corrected chi connectivity index (χ2v) is 12.1. The normalized spacial score (nSPS) is 14.6. The maximum atomic E-state index is 16.1. The largest absolute Gasteiger partial charge is 0.490 e. The Morgan fingerprint density at radius 2 is 1.94 bits per heavy atom. The molecule has 0 fully saturated rings. The Labute approximate surface area is 275 Å². The van der Waals surface area contributed by atoms with Crippen molar-refractivity contribution >= 4 is 38.2 Å². The van der Waals surface area contributed by atoms with Crippen LogP contribution in [-0.2, 0) is 23.1 Å². The lowest BCUT2D eigenvalue weighted by Crippen LogP contribution is -2.40. The highest BCUT2D eigenvalue weighted by Crippen LogP contribution is 2.47. The van der Waals surface area contributed by atoms with E-state index in [2.05, 4.69) is 16.4 Å². The summed E-state index contributed by atoms with van der Waals surface area (Å²) < 4.78 is 70.2. The van der Waals surface area contributed by atoms with Gasteiger partial charge in [-0.1, -0.05) is 18.7 Å². The predicted molar refractivity (Wildman–Crippen MR) is 174 cm³/mol. The minimum Gasteiger partial charge on any atom is -0.490 e. The smallest absolute Gasteiger partial charge is 0.345 e. The summed E-state index contributed by atoms with van der Waals surface area (Å²) in [6.07, 6.45) is 3.04. The summed E-state index contributed by atoms with van der Waals surface area (Å²) in [5.74, 6) is -2.25. The topological polar surface area (TPSA) is 87.3 Å². The van der Waals surface area contributed by atoms with Crippen LogP contribution in [0.25, 0.3) is 54.8 Å². The molecule has 14 heteroatoms. The minimum atomic E-state index is -3.02. The fraction of sp³-hybridized carbons (Fsp3) is 0.235. The molecule has 7 rings (SSSR count). The van der Waals surface area contributed by atoms with E-state index in [9.17, 15) is 18.0 Å². The summed E-state index contributed by atoms with van der Waals surface area (Å²) in [7, 11) is 1.84. The number of fused-ring (bicyclic) bond motifs is 3. The van der Waals surface area contributed by atoms with Crippen LogP contribution in [0.5, 0.6) is 5.75 Å². The zero-order valence-electron chi connectivity index (χ0n) is 25.8. The zero-order chi connectivity index (χ0) is 33.7. The first kappa shape index (κ1) is 31.5. The van der Waals surface area contributed by atoms with E-state index in [1.807, 2.05) is 49.7 Å². The Hall–Kier alpha value is -5.08. The Morgan fingerprint density at radius 3 is 2.73 bits per heavy atom. The van der Waals surface area contributed by atoms with E-state index in [4.69, 9.17) is 14.8 Å². The van der Waals surface area contributed by atoms with Crippen molar-refractivity contribution < 1.29 is 31.8 Å². The number of amides is 1. The molecule has 0 bridgehead atoms. The molecule has 0 unspecified atom stereocenters. The van der Waals surface area contributed by atoms with E-state index < -0.39 is 24.9 Å². The van der Waals surface area contributed by atoms with E-state index in [0.29, 0.717) is 45.8 Å². The first-order valence-corrected chi connectivity index (χ1v) is 15.9. The summed E-state index contributed by atoms with van der Waals surface area (Å²) in [6.45, 7) is 2.40. The third kappa shape index (κ3) is 5.50. The lowest BCUT2D eigenvalue weighted by atomic mass is 9.96. The molecule has 0 aliphatic carbocycles. The van der Waals surface area contributed by atoms with Crippen LogP contribution in [0.2, 0.25) is 0 Å². The number of carbonyl (C=O) groups is 1. The molecule has 1 aliphatic heterocycles. The van der Waals surface area contributed by atoms with Gasteiger partial charge in [0.2, 0.25) is 5.91 Å². The van der Waals surface area contributed by atoms with E-state index in [1.165, 1.54) is 17.4 Å². The number of thiophene rings is 1. The lowest BCUT2D eigenvalue weighted by Gasteiger charge is -2.33. The Bertz CT molecular complexity index is 2210. The van der Waals surface area contributed by atoms with Crippen molar-refractivity contribution in [1.82, 2.24) is 29.4 Å². The molecule has 1 atom stereocenters. The van der Waals surface area contributed by atoms with Crippen LogP contribution < -0.4 is 4.74 Å². The number of hydrogen-bond donors (Lipinski definition) is 0. The van der Waals surface area contributed by atoms with Crippen molar-refractivity contribution in [2.24, 2.45) is 7.05 Å². The average molecular weight is 677 g/mol. The number of rotatable bonds is 9. The molecular weight excluding hydrogens is 648 g/mol. The number of carbonyl (C=O) groups excluding carboxylic acids is 1. The number of benzene rings is 2. The third-order valence-corrected chi connectivity index (χ3v) is 9.38. The van der Waals surface area contributed by atoms with Gasteiger partial charge in [-0.15, -0.1) is 11.3 Å². The summed E-state index contributed by atoms with van der Waals surface area (Å²) >= 11 is 1.34. The Kier molecular flexibility index (Phi) is 8.21. The van der Waals surface area contributed by atoms with Crippen LogP contribution >= 0.6 is 11.3 Å². The Balaban J connectivity index is 1.47. The van der Waals surface area contributed by atoms with Gasteiger partial charge in [-0.25, -0.2) is 13.8 Å². The number of aryl methyl sites for hydroxylation is 1. The molecule has 0 saturated carbocycles. The van der Waals surface area contributed by atoms with Crippen molar-refractivity contribution in [2.75, 3.05) is 19.8 Å². The summed E-state index contributed by atoms with van der Waals surface area (Å²) in [6, 6.07) is 10.9. The maximum absolute atomic E-state index is 16.1. The molecule has 246 valence electrons. The summed E-state index contributed by atoms with van der Waals surface area (Å²) in [4.78, 5) is 19.4. The van der Waals surface area contributed by atoms with Gasteiger partial charge in [-0.3, -0.25) is 14.2 Å². The van der Waals surface area contributed by atoms with Gasteiger partial charge in [0.25, 0.3) is 0 Å². The minimum absolute atomic E-state index is 0.0977. The van der Waals surface area contributed by atoms with Gasteiger partial charge in [-0.2, -0.15) is 19.0 Å². The number of ether oxygens (including phenoxy) is 2. The highest BCUT2D eigenvalue weighted by Gasteiger charge is 2.31. The summed E-state index contributed by atoms with van der Waals surface area (Å²) in [5, 5.41) is 12.7. The number of nitrogens with zero attached hydrogens (tertiary/aromatic N) is 6. The zero-order valence-corrected chi connectivity index (χ0v) is 26.6. The van der Waals surface area contributed by atoms with Crippen LogP contribution in [-0.4, -0.2) is 61.7 Å². The monoisotopic (exact) mass is 676 g/mol. The molecule has 0 radical (unpaired) electrons. The number of halogens is 4. The number of alkyl halides is 2. The van der Waals surface area contributed by atoms with E-state index in [-0.39, 0.29) is 29.9 Å². The molecule has 2 aromatic carbocycles. The van der Waals surface area contributed by atoms with Gasteiger partial charge in [0.05, 0.1) is 47.9 Å². The van der Waals surface area contributed by atoms with Crippen LogP contribution in [0.15, 0.2) is 66.7 Å². The molecule has 6 aromatic rings. The van der Waals surface area contributed by atoms with Crippen LogP contribution in [0.3, 0.4) is 0 Å². The molecule has 1 amide bonds. The first-order valence-electron chi connectivity index (χ1n) is 15.0. The van der Waals surface area contributed by atoms with Gasteiger partial charge in [0.1, 0.15) is 35.4 Å². The molecule has 48 heavy (non-hydrogen) atoms. The fourth-order valence-corrected chi connectivity index (χ4v) is 7.13. The van der Waals surface area contributed by atoms with Crippen molar-refractivity contribution in [3.63, 3.8) is 0 Å². The van der Waals surface area contributed by atoms with Crippen molar-refractivity contribution in [1.29, 1.82) is 0 Å². The van der Waals surface area contributed by atoms with Crippen molar-refractivity contribution in [2.45, 2.75) is 26.1 Å². The summed E-state index contributed by atoms with van der Waals surface area (Å²) in [5.41, 5.74) is 3.90. The Morgan fingerprint density at radius 1 is 1.10 bits per heavy atom. The quantitative estimate of drug-likeness (QED) is 0.0904. The van der Waals surface area contributed by atoms with Crippen molar-refractivity contribution in [3.05, 3.63) is 84.0 Å². The third-order valence-electron chi connectivity index (χ3n) is 8.44. The molecule has 1 aliphatic rings. The van der Waals surface area contributed by atoms with Crippen LogP contribution in [0, 0.1) is 11.6 Å². The highest BCUT2D eigenvalue weighted by atomic mass is 32.1. The van der Waals surface area contributed by atoms with Gasteiger partial charge in [0, 0.05) is 52.3 Å². The molecule has 0 spiro atoms. The van der Waals surface area contributed by atoms with E-state index in [1.54, 1.807) is 20.5 Å². The van der Waals surface area contributed by atoms with E-state index in [0.717, 1.165) is 34.3 Å². The average Bonchev–Trinajstić information content (AvgIpc) is 3.81. The molecule has 0 saturated heterocycles. The number of aromatic nitrogens is 5. The first-order chi connectivity index (χ1) is 23.1. The van der Waals surface area contributed by atoms with E-state index >= 15 is 4.39 Å². The van der Waals surface area contributed by atoms with Crippen molar-refractivity contribution in [3.8, 4) is 39.5 Å². The molecule has 4 aromatic heterocycles. The number of hydrogen-bond acceptors (Lipinski definition) is 7.